The van der Waals surface area contributed by atoms with Crippen molar-refractivity contribution < 1.29 is 23.5 Å². The van der Waals surface area contributed by atoms with Gasteiger partial charge in [0.1, 0.15) is 11.9 Å². The molecule has 1 heterocycles. The summed E-state index contributed by atoms with van der Waals surface area (Å²) in [6, 6.07) is 11.2. The molecule has 2 aromatic carbocycles. The first-order valence-electron chi connectivity index (χ1n) is 11.5. The molecule has 182 valence electrons. The quantitative estimate of drug-likeness (QED) is 0.588. The van der Waals surface area contributed by atoms with Gasteiger partial charge >= 0.3 is 0 Å². The highest BCUT2D eigenvalue weighted by Gasteiger charge is 2.31. The molecule has 7 heteroatoms. The minimum Gasteiger partial charge on any atom is -0.380 e. The van der Waals surface area contributed by atoms with Gasteiger partial charge in [0.2, 0.25) is 11.8 Å². The number of hydrogen-bond acceptors (Lipinski definition) is 4. The third kappa shape index (κ3) is 6.97. The highest BCUT2D eigenvalue weighted by molar-refractivity contribution is 5.94. The van der Waals surface area contributed by atoms with Crippen LogP contribution < -0.4 is 10.6 Å². The molecule has 6 nitrogen and oxygen atoms in total. The summed E-state index contributed by atoms with van der Waals surface area (Å²) in [6.45, 7) is 6.81. The highest BCUT2D eigenvalue weighted by atomic mass is 19.1. The number of ether oxygens (including phenoxy) is 1. The van der Waals surface area contributed by atoms with Gasteiger partial charge < -0.3 is 15.4 Å². The van der Waals surface area contributed by atoms with Crippen LogP contribution in [0.4, 0.5) is 4.39 Å². The molecule has 0 saturated carbocycles. The lowest BCUT2D eigenvalue weighted by Crippen LogP contribution is -2.39. The highest BCUT2D eigenvalue weighted by Crippen LogP contribution is 2.24. The van der Waals surface area contributed by atoms with E-state index in [0.29, 0.717) is 29.7 Å². The lowest BCUT2D eigenvalue weighted by atomic mass is 9.87. The summed E-state index contributed by atoms with van der Waals surface area (Å²) >= 11 is 0. The van der Waals surface area contributed by atoms with Crippen LogP contribution >= 0.6 is 0 Å². The van der Waals surface area contributed by atoms with Gasteiger partial charge in [-0.25, -0.2) is 4.39 Å². The Morgan fingerprint density at radius 1 is 1.15 bits per heavy atom. The maximum absolute atomic E-state index is 14.7. The van der Waals surface area contributed by atoms with Crippen LogP contribution in [0.1, 0.15) is 55.5 Å². The standard InChI is InChI=1S/C27H33FN2O4/c1-27(2,3)14-20-10-7-18(11-22(20)28)12-23(31)25(19-8-5-17(6-9-19)16-34-4)30-26(33)21-13-24(32)29-15-21/h5-11,21,25H,12-16H2,1-4H3,(H,29,32)(H,30,33)/t21-,25-/m0/s1. The molecule has 1 saturated heterocycles. The Bertz CT molecular complexity index is 1040. The molecule has 1 aliphatic heterocycles. The van der Waals surface area contributed by atoms with E-state index in [0.717, 1.165) is 5.56 Å². The van der Waals surface area contributed by atoms with Gasteiger partial charge in [-0.3, -0.25) is 14.4 Å². The predicted molar refractivity (Wildman–Crippen MR) is 127 cm³/mol. The molecule has 0 unspecified atom stereocenters. The number of benzene rings is 2. The van der Waals surface area contributed by atoms with E-state index in [4.69, 9.17) is 4.74 Å². The number of ketones is 1. The summed E-state index contributed by atoms with van der Waals surface area (Å²) in [6.07, 6.45) is 0.660. The average Bonchev–Trinajstić information content (AvgIpc) is 3.20. The summed E-state index contributed by atoms with van der Waals surface area (Å²) < 4.78 is 19.8. The van der Waals surface area contributed by atoms with Crippen molar-refractivity contribution in [1.82, 2.24) is 10.6 Å². The van der Waals surface area contributed by atoms with Gasteiger partial charge in [0.05, 0.1) is 12.5 Å². The summed E-state index contributed by atoms with van der Waals surface area (Å²) in [5.41, 5.74) is 2.67. The predicted octanol–water partition coefficient (Wildman–Crippen LogP) is 3.67. The molecule has 2 N–H and O–H groups in total. The van der Waals surface area contributed by atoms with E-state index in [2.05, 4.69) is 10.6 Å². The molecule has 1 aliphatic rings. The minimum atomic E-state index is -0.905. The van der Waals surface area contributed by atoms with E-state index < -0.39 is 12.0 Å². The second-order valence-electron chi connectivity index (χ2n) is 10.1. The van der Waals surface area contributed by atoms with Gasteiger partial charge in [0.15, 0.2) is 5.78 Å². The third-order valence-corrected chi connectivity index (χ3v) is 5.80. The number of rotatable bonds is 9. The number of nitrogens with one attached hydrogen (secondary N) is 2. The van der Waals surface area contributed by atoms with Crippen LogP contribution in [0.3, 0.4) is 0 Å². The molecule has 2 amide bonds. The number of amides is 2. The van der Waals surface area contributed by atoms with Gasteiger partial charge in [0.25, 0.3) is 0 Å². The lowest BCUT2D eigenvalue weighted by molar-refractivity contribution is -0.130. The smallest absolute Gasteiger partial charge is 0.226 e. The molecule has 0 radical (unpaired) electrons. The van der Waals surface area contributed by atoms with E-state index in [1.807, 2.05) is 32.9 Å². The van der Waals surface area contributed by atoms with E-state index in [9.17, 15) is 18.8 Å². The second kappa shape index (κ2) is 10.9. The first-order valence-corrected chi connectivity index (χ1v) is 11.5. The molecule has 0 bridgehead atoms. The number of carbonyl (C=O) groups excluding carboxylic acids is 3. The van der Waals surface area contributed by atoms with Crippen molar-refractivity contribution in [2.45, 2.75) is 52.7 Å². The van der Waals surface area contributed by atoms with Crippen molar-refractivity contribution in [1.29, 1.82) is 0 Å². The normalized spacial score (nSPS) is 16.7. The Morgan fingerprint density at radius 2 is 1.82 bits per heavy atom. The molecular weight excluding hydrogens is 435 g/mol. The zero-order valence-corrected chi connectivity index (χ0v) is 20.2. The van der Waals surface area contributed by atoms with Crippen LogP contribution in [0, 0.1) is 17.2 Å². The van der Waals surface area contributed by atoms with Crippen molar-refractivity contribution in [3.63, 3.8) is 0 Å². The molecule has 34 heavy (non-hydrogen) atoms. The van der Waals surface area contributed by atoms with Crippen molar-refractivity contribution in [3.05, 3.63) is 70.5 Å². The Balaban J connectivity index is 1.80. The summed E-state index contributed by atoms with van der Waals surface area (Å²) in [5, 5.41) is 5.46. The largest absolute Gasteiger partial charge is 0.380 e. The van der Waals surface area contributed by atoms with Crippen LogP contribution in [-0.2, 0) is 38.6 Å². The number of methoxy groups -OCH3 is 1. The summed E-state index contributed by atoms with van der Waals surface area (Å²) in [4.78, 5) is 37.6. The van der Waals surface area contributed by atoms with Gasteiger partial charge in [-0.1, -0.05) is 57.2 Å². The molecule has 0 spiro atoms. The Hall–Kier alpha value is -3.06. The third-order valence-electron chi connectivity index (χ3n) is 5.80. The zero-order valence-electron chi connectivity index (χ0n) is 20.2. The van der Waals surface area contributed by atoms with Gasteiger partial charge in [-0.2, -0.15) is 0 Å². The molecule has 3 rings (SSSR count). The number of carbonyl (C=O) groups is 3. The Morgan fingerprint density at radius 3 is 2.38 bits per heavy atom. The van der Waals surface area contributed by atoms with Crippen molar-refractivity contribution in [2.75, 3.05) is 13.7 Å². The first-order chi connectivity index (χ1) is 16.1. The SMILES string of the molecule is COCc1ccc([C@H](NC(=O)[C@@H]2CNC(=O)C2)C(=O)Cc2ccc(CC(C)(C)C)c(F)c2)cc1. The van der Waals surface area contributed by atoms with Crippen LogP contribution in [0.25, 0.3) is 0 Å². The zero-order chi connectivity index (χ0) is 24.9. The molecule has 2 aromatic rings. The van der Waals surface area contributed by atoms with E-state index in [1.54, 1.807) is 31.4 Å². The van der Waals surface area contributed by atoms with Crippen molar-refractivity contribution in [2.24, 2.45) is 11.3 Å². The second-order valence-corrected chi connectivity index (χ2v) is 10.1. The fourth-order valence-electron chi connectivity index (χ4n) is 4.09. The van der Waals surface area contributed by atoms with Gasteiger partial charge in [-0.05, 0) is 40.2 Å². The van der Waals surface area contributed by atoms with Crippen LogP contribution in [0.5, 0.6) is 0 Å². The van der Waals surface area contributed by atoms with Crippen molar-refractivity contribution >= 4 is 17.6 Å². The molecule has 0 aliphatic carbocycles. The molecule has 0 aromatic heterocycles. The average molecular weight is 469 g/mol. The Kier molecular flexibility index (Phi) is 8.20. The van der Waals surface area contributed by atoms with Crippen LogP contribution in [-0.4, -0.2) is 31.3 Å². The summed E-state index contributed by atoms with van der Waals surface area (Å²) in [5.74, 6) is -1.65. The first kappa shape index (κ1) is 25.6. The van der Waals surface area contributed by atoms with Gasteiger partial charge in [0, 0.05) is 26.5 Å². The van der Waals surface area contributed by atoms with Gasteiger partial charge in [-0.15, -0.1) is 0 Å². The fraction of sp³-hybridized carbons (Fsp3) is 0.444. The van der Waals surface area contributed by atoms with E-state index in [1.165, 1.54) is 6.07 Å². The topological polar surface area (TPSA) is 84.5 Å². The maximum atomic E-state index is 14.7. The summed E-state index contributed by atoms with van der Waals surface area (Å²) in [7, 11) is 1.60. The van der Waals surface area contributed by atoms with Crippen LogP contribution in [0.15, 0.2) is 42.5 Å². The maximum Gasteiger partial charge on any atom is 0.226 e. The van der Waals surface area contributed by atoms with Crippen LogP contribution in [0.2, 0.25) is 0 Å². The number of halogens is 1. The molecular formula is C27H33FN2O4. The van der Waals surface area contributed by atoms with Crippen molar-refractivity contribution in [3.8, 4) is 0 Å². The minimum absolute atomic E-state index is 0.0284. The monoisotopic (exact) mass is 468 g/mol. The van der Waals surface area contributed by atoms with E-state index >= 15 is 0 Å². The van der Waals surface area contributed by atoms with E-state index in [-0.39, 0.29) is 48.2 Å². The lowest BCUT2D eigenvalue weighted by Gasteiger charge is -2.21. The number of Topliss-reactive ketones (excluding diaryl/α,β-unsaturated/α-hetero) is 1. The number of hydrogen-bond donors (Lipinski definition) is 2. The Labute approximate surface area is 200 Å². The molecule has 2 atom stereocenters. The molecule has 1 fully saturated rings. The fourth-order valence-corrected chi connectivity index (χ4v) is 4.09.